The zero-order chi connectivity index (χ0) is 9.68. The topological polar surface area (TPSA) is 37.3 Å². The van der Waals surface area contributed by atoms with E-state index in [1.54, 1.807) is 11.8 Å². The van der Waals surface area contributed by atoms with Gasteiger partial charge in [0, 0.05) is 0 Å². The van der Waals surface area contributed by atoms with Crippen molar-refractivity contribution < 1.29 is 9.90 Å². The third-order valence-corrected chi connectivity index (χ3v) is 4.16. The molecule has 1 N–H and O–H groups in total. The minimum absolute atomic E-state index is 0.137. The maximum absolute atomic E-state index is 11.0. The monoisotopic (exact) mass is 202 g/mol. The molecule has 0 aromatic rings. The van der Waals surface area contributed by atoms with E-state index in [1.165, 1.54) is 12.8 Å². The normalized spacial score (nSPS) is 20.4. The predicted octanol–water partition coefficient (Wildman–Crippen LogP) is 2.77. The number of carboxylic acid groups (broad SMARTS) is 1. The minimum atomic E-state index is -0.606. The lowest BCUT2D eigenvalue weighted by molar-refractivity contribution is -0.137. The summed E-state index contributed by atoms with van der Waals surface area (Å²) in [5.41, 5.74) is 0. The highest BCUT2D eigenvalue weighted by atomic mass is 32.2. The summed E-state index contributed by atoms with van der Waals surface area (Å²) in [5.74, 6) is 0.812. The molecule has 1 rings (SSSR count). The van der Waals surface area contributed by atoms with Crippen molar-refractivity contribution in [2.45, 2.75) is 44.3 Å². The summed E-state index contributed by atoms with van der Waals surface area (Å²) in [6.45, 7) is 2.10. The molecule has 1 unspecified atom stereocenters. The molecule has 0 bridgehead atoms. The summed E-state index contributed by atoms with van der Waals surface area (Å²) >= 11 is 1.63. The van der Waals surface area contributed by atoms with Gasteiger partial charge in [0.05, 0.1) is 0 Å². The predicted molar refractivity (Wildman–Crippen MR) is 56.1 cm³/mol. The minimum Gasteiger partial charge on any atom is -0.480 e. The zero-order valence-corrected chi connectivity index (χ0v) is 8.98. The fraction of sp³-hybridized carbons (Fsp3) is 0.900. The van der Waals surface area contributed by atoms with E-state index in [0.29, 0.717) is 5.92 Å². The number of rotatable bonds is 5. The Morgan fingerprint density at radius 2 is 2.15 bits per heavy atom. The van der Waals surface area contributed by atoms with Gasteiger partial charge >= 0.3 is 5.97 Å². The van der Waals surface area contributed by atoms with E-state index in [2.05, 4.69) is 6.92 Å². The SMILES string of the molecule is CCCSC(C(=O)O)C1CCCC1. The van der Waals surface area contributed by atoms with Crippen LogP contribution in [0.1, 0.15) is 39.0 Å². The molecule has 13 heavy (non-hydrogen) atoms. The average molecular weight is 202 g/mol. The second kappa shape index (κ2) is 5.53. The van der Waals surface area contributed by atoms with Crippen LogP contribution in [0.2, 0.25) is 0 Å². The van der Waals surface area contributed by atoms with Crippen LogP contribution in [0.3, 0.4) is 0 Å². The van der Waals surface area contributed by atoms with Gasteiger partial charge in [-0.25, -0.2) is 0 Å². The first-order valence-electron chi connectivity index (χ1n) is 5.10. The first-order chi connectivity index (χ1) is 6.25. The Kier molecular flexibility index (Phi) is 4.64. The first kappa shape index (κ1) is 10.9. The molecular formula is C10H18O2S. The molecule has 3 heteroatoms. The molecule has 0 saturated heterocycles. The number of thioether (sulfide) groups is 1. The van der Waals surface area contributed by atoms with Crippen molar-refractivity contribution in [2.24, 2.45) is 5.92 Å². The third-order valence-electron chi connectivity index (χ3n) is 2.57. The maximum Gasteiger partial charge on any atom is 0.316 e. The van der Waals surface area contributed by atoms with Crippen molar-refractivity contribution in [3.63, 3.8) is 0 Å². The molecule has 2 nitrogen and oxygen atoms in total. The van der Waals surface area contributed by atoms with Crippen LogP contribution in [-0.4, -0.2) is 22.1 Å². The second-order valence-corrected chi connectivity index (χ2v) is 4.92. The van der Waals surface area contributed by atoms with Crippen LogP contribution >= 0.6 is 11.8 Å². The van der Waals surface area contributed by atoms with Gasteiger partial charge in [0.1, 0.15) is 5.25 Å². The number of hydrogen-bond donors (Lipinski definition) is 1. The van der Waals surface area contributed by atoms with Crippen molar-refractivity contribution in [1.82, 2.24) is 0 Å². The summed E-state index contributed by atoms with van der Waals surface area (Å²) in [6, 6.07) is 0. The van der Waals surface area contributed by atoms with Crippen molar-refractivity contribution >= 4 is 17.7 Å². The van der Waals surface area contributed by atoms with Crippen LogP contribution in [0.15, 0.2) is 0 Å². The van der Waals surface area contributed by atoms with Crippen LogP contribution < -0.4 is 0 Å². The summed E-state index contributed by atoms with van der Waals surface area (Å²) in [6.07, 6.45) is 5.75. The van der Waals surface area contributed by atoms with Crippen molar-refractivity contribution in [1.29, 1.82) is 0 Å². The Bertz CT molecular complexity index is 164. The third kappa shape index (κ3) is 3.22. The van der Waals surface area contributed by atoms with Crippen molar-refractivity contribution in [3.05, 3.63) is 0 Å². The van der Waals surface area contributed by atoms with Crippen LogP contribution in [0.4, 0.5) is 0 Å². The van der Waals surface area contributed by atoms with Crippen molar-refractivity contribution in [2.75, 3.05) is 5.75 Å². The number of aliphatic carboxylic acids is 1. The van der Waals surface area contributed by atoms with Gasteiger partial charge < -0.3 is 5.11 Å². The molecule has 0 aromatic carbocycles. The Morgan fingerprint density at radius 1 is 1.54 bits per heavy atom. The van der Waals surface area contributed by atoms with Crippen LogP contribution in [-0.2, 0) is 4.79 Å². The van der Waals surface area contributed by atoms with Gasteiger partial charge in [-0.05, 0) is 30.9 Å². The fourth-order valence-corrected chi connectivity index (χ4v) is 3.09. The van der Waals surface area contributed by atoms with E-state index in [0.717, 1.165) is 25.0 Å². The summed E-state index contributed by atoms with van der Waals surface area (Å²) in [4.78, 5) is 11.0. The highest BCUT2D eigenvalue weighted by molar-refractivity contribution is 8.00. The molecule has 1 atom stereocenters. The highest BCUT2D eigenvalue weighted by Gasteiger charge is 2.30. The largest absolute Gasteiger partial charge is 0.480 e. The van der Waals surface area contributed by atoms with E-state index >= 15 is 0 Å². The molecular weight excluding hydrogens is 184 g/mol. The first-order valence-corrected chi connectivity index (χ1v) is 6.15. The molecule has 1 aliphatic rings. The second-order valence-electron chi connectivity index (χ2n) is 3.67. The van der Waals surface area contributed by atoms with Gasteiger partial charge in [0.25, 0.3) is 0 Å². The molecule has 0 amide bonds. The van der Waals surface area contributed by atoms with Gasteiger partial charge in [0.2, 0.25) is 0 Å². The Balaban J connectivity index is 2.40. The molecule has 1 aliphatic carbocycles. The lowest BCUT2D eigenvalue weighted by Crippen LogP contribution is -2.24. The van der Waals surface area contributed by atoms with Gasteiger partial charge in [-0.2, -0.15) is 0 Å². The summed E-state index contributed by atoms with van der Waals surface area (Å²) < 4.78 is 0. The average Bonchev–Trinajstić information content (AvgIpc) is 2.57. The van der Waals surface area contributed by atoms with Crippen molar-refractivity contribution in [3.8, 4) is 0 Å². The molecule has 1 fully saturated rings. The Labute approximate surface area is 84.1 Å². The van der Waals surface area contributed by atoms with Gasteiger partial charge in [-0.15, -0.1) is 11.8 Å². The number of carbonyl (C=O) groups is 1. The summed E-state index contributed by atoms with van der Waals surface area (Å²) in [5, 5.41) is 8.90. The van der Waals surface area contributed by atoms with E-state index in [4.69, 9.17) is 5.11 Å². The van der Waals surface area contributed by atoms with E-state index in [-0.39, 0.29) is 5.25 Å². The fourth-order valence-electron chi connectivity index (χ4n) is 1.91. The van der Waals surface area contributed by atoms with Gasteiger partial charge in [-0.3, -0.25) is 4.79 Å². The number of hydrogen-bond acceptors (Lipinski definition) is 2. The smallest absolute Gasteiger partial charge is 0.316 e. The van der Waals surface area contributed by atoms with Gasteiger partial charge in [0.15, 0.2) is 0 Å². The quantitative estimate of drug-likeness (QED) is 0.745. The molecule has 0 radical (unpaired) electrons. The van der Waals surface area contributed by atoms with Crippen LogP contribution in [0.25, 0.3) is 0 Å². The molecule has 1 saturated carbocycles. The lowest BCUT2D eigenvalue weighted by Gasteiger charge is -2.17. The lowest BCUT2D eigenvalue weighted by atomic mass is 10.0. The van der Waals surface area contributed by atoms with E-state index in [9.17, 15) is 4.79 Å². The standard InChI is InChI=1S/C10H18O2S/c1-2-7-13-9(10(11)12)8-5-3-4-6-8/h8-9H,2-7H2,1H3,(H,11,12). The highest BCUT2D eigenvalue weighted by Crippen LogP contribution is 2.34. The molecule has 76 valence electrons. The molecule has 0 aromatic heterocycles. The van der Waals surface area contributed by atoms with E-state index in [1.807, 2.05) is 0 Å². The zero-order valence-electron chi connectivity index (χ0n) is 8.16. The molecule has 0 spiro atoms. The summed E-state index contributed by atoms with van der Waals surface area (Å²) in [7, 11) is 0. The Hall–Kier alpha value is -0.180. The molecule has 0 aliphatic heterocycles. The van der Waals surface area contributed by atoms with E-state index < -0.39 is 5.97 Å². The van der Waals surface area contributed by atoms with Crippen LogP contribution in [0.5, 0.6) is 0 Å². The van der Waals surface area contributed by atoms with Crippen LogP contribution in [0, 0.1) is 5.92 Å². The Morgan fingerprint density at radius 3 is 2.62 bits per heavy atom. The maximum atomic E-state index is 11.0. The molecule has 0 heterocycles. The number of carboxylic acids is 1. The van der Waals surface area contributed by atoms with Gasteiger partial charge in [-0.1, -0.05) is 19.8 Å².